The molecule has 5 heteroatoms. The normalized spacial score (nSPS) is 16.1. The summed E-state index contributed by atoms with van der Waals surface area (Å²) in [4.78, 5) is 27.8. The monoisotopic (exact) mass is 390 g/mol. The molecular formula is C23H22N2O2S. The zero-order chi connectivity index (χ0) is 19.3. The quantitative estimate of drug-likeness (QED) is 0.677. The van der Waals surface area contributed by atoms with E-state index in [1.165, 1.54) is 16.9 Å². The molecule has 4 nitrogen and oxygen atoms in total. The molecular weight excluding hydrogens is 368 g/mol. The van der Waals surface area contributed by atoms with E-state index >= 15 is 0 Å². The second kappa shape index (κ2) is 8.40. The lowest BCUT2D eigenvalue weighted by atomic mass is 10.0. The summed E-state index contributed by atoms with van der Waals surface area (Å²) in [5.41, 5.74) is 2.62. The molecule has 0 aliphatic carbocycles. The molecule has 0 radical (unpaired) electrons. The number of rotatable bonds is 5. The Balaban J connectivity index is 1.42. The number of amides is 2. The average molecular weight is 391 g/mol. The van der Waals surface area contributed by atoms with Crippen LogP contribution >= 0.6 is 11.3 Å². The van der Waals surface area contributed by atoms with Gasteiger partial charge in [-0.25, -0.2) is 0 Å². The molecule has 1 aliphatic rings. The van der Waals surface area contributed by atoms with Crippen LogP contribution in [-0.4, -0.2) is 29.3 Å². The number of thiophene rings is 1. The fourth-order valence-corrected chi connectivity index (χ4v) is 4.28. The van der Waals surface area contributed by atoms with Crippen molar-refractivity contribution < 1.29 is 9.59 Å². The summed E-state index contributed by atoms with van der Waals surface area (Å²) in [7, 11) is 0. The van der Waals surface area contributed by atoms with Crippen LogP contribution in [0.15, 0.2) is 72.1 Å². The highest BCUT2D eigenvalue weighted by Crippen LogP contribution is 2.24. The van der Waals surface area contributed by atoms with E-state index in [0.717, 1.165) is 25.8 Å². The molecule has 1 saturated heterocycles. The van der Waals surface area contributed by atoms with Crippen molar-refractivity contribution in [3.05, 3.63) is 88.1 Å². The van der Waals surface area contributed by atoms with Gasteiger partial charge in [-0.3, -0.25) is 9.59 Å². The second-order valence-electron chi connectivity index (χ2n) is 6.99. The zero-order valence-electron chi connectivity index (χ0n) is 15.5. The Labute approximate surface area is 168 Å². The van der Waals surface area contributed by atoms with Gasteiger partial charge < -0.3 is 10.2 Å². The molecule has 2 aromatic carbocycles. The maximum Gasteiger partial charge on any atom is 0.265 e. The van der Waals surface area contributed by atoms with Crippen LogP contribution in [-0.2, 0) is 6.42 Å². The minimum absolute atomic E-state index is 0.0644. The summed E-state index contributed by atoms with van der Waals surface area (Å²) in [6, 6.07) is 21.4. The predicted molar refractivity (Wildman–Crippen MR) is 113 cm³/mol. The molecule has 0 saturated carbocycles. The number of benzene rings is 2. The number of likely N-dealkylation sites (tertiary alicyclic amines) is 1. The first kappa shape index (κ1) is 18.4. The van der Waals surface area contributed by atoms with Crippen LogP contribution in [0.3, 0.4) is 0 Å². The summed E-state index contributed by atoms with van der Waals surface area (Å²) >= 11 is 1.40. The van der Waals surface area contributed by atoms with E-state index in [1.807, 2.05) is 34.5 Å². The van der Waals surface area contributed by atoms with Crippen LogP contribution in [0, 0.1) is 0 Å². The smallest absolute Gasteiger partial charge is 0.265 e. The molecule has 0 bridgehead atoms. The number of anilines is 1. The van der Waals surface area contributed by atoms with Crippen molar-refractivity contribution in [2.45, 2.75) is 25.3 Å². The molecule has 4 rings (SSSR count). The molecule has 1 N–H and O–H groups in total. The Morgan fingerprint density at radius 1 is 1.00 bits per heavy atom. The van der Waals surface area contributed by atoms with Crippen LogP contribution in [0.1, 0.15) is 38.4 Å². The maximum absolute atomic E-state index is 13.0. The Kier molecular flexibility index (Phi) is 5.53. The molecule has 2 heterocycles. The van der Waals surface area contributed by atoms with Crippen LogP contribution in [0.4, 0.5) is 5.69 Å². The fourth-order valence-electron chi connectivity index (χ4n) is 3.66. The van der Waals surface area contributed by atoms with Crippen molar-refractivity contribution in [1.82, 2.24) is 4.90 Å². The van der Waals surface area contributed by atoms with Crippen LogP contribution in [0.25, 0.3) is 0 Å². The molecule has 1 unspecified atom stereocenters. The summed E-state index contributed by atoms with van der Waals surface area (Å²) in [6.07, 6.45) is 2.97. The standard InChI is InChI=1S/C23H22N2O2S/c26-22(21-9-5-15-28-21)24-19-12-10-18(11-13-19)23(27)25-14-4-8-20(25)16-17-6-2-1-3-7-17/h1-3,5-7,9-13,15,20H,4,8,14,16H2,(H,24,26). The SMILES string of the molecule is O=C(Nc1ccc(C(=O)N2CCCC2Cc2ccccc2)cc1)c1cccs1. The summed E-state index contributed by atoms with van der Waals surface area (Å²) < 4.78 is 0. The Hall–Kier alpha value is -2.92. The van der Waals surface area contributed by atoms with Crippen molar-refractivity contribution in [2.24, 2.45) is 0 Å². The molecule has 1 atom stereocenters. The number of nitrogens with one attached hydrogen (secondary N) is 1. The van der Waals surface area contributed by atoms with Crippen LogP contribution < -0.4 is 5.32 Å². The van der Waals surface area contributed by atoms with Gasteiger partial charge in [0.25, 0.3) is 11.8 Å². The van der Waals surface area contributed by atoms with Gasteiger partial charge in [-0.2, -0.15) is 0 Å². The largest absolute Gasteiger partial charge is 0.335 e. The number of carbonyl (C=O) groups excluding carboxylic acids is 2. The van der Waals surface area contributed by atoms with Gasteiger partial charge in [0.05, 0.1) is 4.88 Å². The second-order valence-corrected chi connectivity index (χ2v) is 7.94. The van der Waals surface area contributed by atoms with E-state index in [0.29, 0.717) is 16.1 Å². The van der Waals surface area contributed by atoms with Gasteiger partial charge in [-0.05, 0) is 60.5 Å². The highest BCUT2D eigenvalue weighted by Gasteiger charge is 2.29. The molecule has 28 heavy (non-hydrogen) atoms. The number of carbonyl (C=O) groups is 2. The van der Waals surface area contributed by atoms with Gasteiger partial charge in [0.1, 0.15) is 0 Å². The van der Waals surface area contributed by atoms with Crippen LogP contribution in [0.5, 0.6) is 0 Å². The molecule has 142 valence electrons. The van der Waals surface area contributed by atoms with Crippen LogP contribution in [0.2, 0.25) is 0 Å². The first-order valence-corrected chi connectivity index (χ1v) is 10.4. The topological polar surface area (TPSA) is 49.4 Å². The molecule has 2 amide bonds. The van der Waals surface area contributed by atoms with Gasteiger partial charge in [-0.15, -0.1) is 11.3 Å². The third-order valence-electron chi connectivity index (χ3n) is 5.09. The highest BCUT2D eigenvalue weighted by molar-refractivity contribution is 7.12. The van der Waals surface area contributed by atoms with E-state index < -0.39 is 0 Å². The lowest BCUT2D eigenvalue weighted by Crippen LogP contribution is -2.36. The van der Waals surface area contributed by atoms with Crippen molar-refractivity contribution in [1.29, 1.82) is 0 Å². The minimum atomic E-state index is -0.128. The molecule has 1 aliphatic heterocycles. The first-order valence-electron chi connectivity index (χ1n) is 9.50. The predicted octanol–water partition coefficient (Wildman–Crippen LogP) is 4.85. The Morgan fingerprint density at radius 2 is 1.79 bits per heavy atom. The Morgan fingerprint density at radius 3 is 2.50 bits per heavy atom. The molecule has 1 fully saturated rings. The van der Waals surface area contributed by atoms with E-state index in [1.54, 1.807) is 30.3 Å². The first-order chi connectivity index (χ1) is 13.7. The lowest BCUT2D eigenvalue weighted by Gasteiger charge is -2.25. The molecule has 1 aromatic heterocycles. The van der Waals surface area contributed by atoms with Gasteiger partial charge in [-0.1, -0.05) is 36.4 Å². The van der Waals surface area contributed by atoms with E-state index in [9.17, 15) is 9.59 Å². The summed E-state index contributed by atoms with van der Waals surface area (Å²) in [5.74, 6) is -0.0638. The summed E-state index contributed by atoms with van der Waals surface area (Å²) in [6.45, 7) is 0.799. The summed E-state index contributed by atoms with van der Waals surface area (Å²) in [5, 5.41) is 4.74. The van der Waals surface area contributed by atoms with Crippen molar-refractivity contribution in [3.63, 3.8) is 0 Å². The molecule has 0 spiro atoms. The lowest BCUT2D eigenvalue weighted by molar-refractivity contribution is 0.0736. The van der Waals surface area contributed by atoms with Gasteiger partial charge in [0.15, 0.2) is 0 Å². The highest BCUT2D eigenvalue weighted by atomic mass is 32.1. The van der Waals surface area contributed by atoms with Crippen molar-refractivity contribution >= 4 is 28.8 Å². The minimum Gasteiger partial charge on any atom is -0.335 e. The third-order valence-corrected chi connectivity index (χ3v) is 5.96. The van der Waals surface area contributed by atoms with Gasteiger partial charge in [0.2, 0.25) is 0 Å². The van der Waals surface area contributed by atoms with E-state index in [4.69, 9.17) is 0 Å². The van der Waals surface area contributed by atoms with Gasteiger partial charge >= 0.3 is 0 Å². The van der Waals surface area contributed by atoms with E-state index in [2.05, 4.69) is 17.4 Å². The zero-order valence-corrected chi connectivity index (χ0v) is 16.3. The molecule has 3 aromatic rings. The van der Waals surface area contributed by atoms with Crippen molar-refractivity contribution in [2.75, 3.05) is 11.9 Å². The maximum atomic E-state index is 13.0. The fraction of sp³-hybridized carbons (Fsp3) is 0.217. The number of hydrogen-bond acceptors (Lipinski definition) is 3. The Bertz CT molecular complexity index is 937. The van der Waals surface area contributed by atoms with Gasteiger partial charge in [0, 0.05) is 23.8 Å². The number of nitrogens with zero attached hydrogens (tertiary/aromatic N) is 1. The van der Waals surface area contributed by atoms with Crippen molar-refractivity contribution in [3.8, 4) is 0 Å². The average Bonchev–Trinajstić information content (AvgIpc) is 3.41. The van der Waals surface area contributed by atoms with E-state index in [-0.39, 0.29) is 17.9 Å². The number of hydrogen-bond donors (Lipinski definition) is 1. The third kappa shape index (κ3) is 4.15.